The van der Waals surface area contributed by atoms with E-state index < -0.39 is 0 Å². The smallest absolute Gasteiger partial charge is 0.161 e. The van der Waals surface area contributed by atoms with Crippen LogP contribution in [0.25, 0.3) is 0 Å². The number of rotatable bonds is 1. The van der Waals surface area contributed by atoms with Gasteiger partial charge < -0.3 is 4.90 Å². The van der Waals surface area contributed by atoms with Gasteiger partial charge in [-0.2, -0.15) is 5.26 Å². The zero-order valence-electron chi connectivity index (χ0n) is 11.0. The molecule has 4 rings (SSSR count). The molecule has 1 saturated heterocycles. The molecular formula is C15H16N4. The summed E-state index contributed by atoms with van der Waals surface area (Å²) < 4.78 is 0. The van der Waals surface area contributed by atoms with E-state index in [4.69, 9.17) is 5.26 Å². The Labute approximate surface area is 112 Å². The summed E-state index contributed by atoms with van der Waals surface area (Å²) in [5.74, 6) is 3.05. The van der Waals surface area contributed by atoms with Gasteiger partial charge in [0.1, 0.15) is 11.9 Å². The summed E-state index contributed by atoms with van der Waals surface area (Å²) in [7, 11) is 0. The first-order valence-corrected chi connectivity index (χ1v) is 6.86. The molecule has 96 valence electrons. The zero-order chi connectivity index (χ0) is 13.0. The fourth-order valence-corrected chi connectivity index (χ4v) is 4.31. The lowest BCUT2D eigenvalue weighted by Gasteiger charge is -2.31. The molecule has 1 aliphatic heterocycles. The summed E-state index contributed by atoms with van der Waals surface area (Å²) in [4.78, 5) is 10.8. The normalized spacial score (nSPS) is 38.5. The van der Waals surface area contributed by atoms with Crippen LogP contribution in [0.2, 0.25) is 0 Å². The molecule has 0 amide bonds. The van der Waals surface area contributed by atoms with E-state index in [1.807, 2.05) is 0 Å². The number of nitriles is 1. The van der Waals surface area contributed by atoms with Gasteiger partial charge in [0.25, 0.3) is 0 Å². The molecule has 2 bridgehead atoms. The van der Waals surface area contributed by atoms with Crippen molar-refractivity contribution < 1.29 is 0 Å². The van der Waals surface area contributed by atoms with Crippen LogP contribution in [-0.4, -0.2) is 23.1 Å². The highest BCUT2D eigenvalue weighted by molar-refractivity contribution is 5.43. The van der Waals surface area contributed by atoms with Crippen molar-refractivity contribution in [1.29, 1.82) is 5.26 Å². The van der Waals surface area contributed by atoms with Crippen molar-refractivity contribution in [1.82, 2.24) is 9.97 Å². The van der Waals surface area contributed by atoms with Crippen LogP contribution in [-0.2, 0) is 0 Å². The Morgan fingerprint density at radius 1 is 1.42 bits per heavy atom. The predicted octanol–water partition coefficient (Wildman–Crippen LogP) is 2.00. The lowest BCUT2D eigenvalue weighted by Crippen LogP contribution is -2.31. The largest absolute Gasteiger partial charge is 0.354 e. The molecule has 4 nitrogen and oxygen atoms in total. The second-order valence-corrected chi connectivity index (χ2v) is 6.26. The highest BCUT2D eigenvalue weighted by Crippen LogP contribution is 2.59. The Kier molecular flexibility index (Phi) is 2.06. The summed E-state index contributed by atoms with van der Waals surface area (Å²) in [5.41, 5.74) is 0.782. The van der Waals surface area contributed by atoms with Crippen LogP contribution in [0.3, 0.4) is 0 Å². The molecule has 1 unspecified atom stereocenters. The van der Waals surface area contributed by atoms with Crippen molar-refractivity contribution in [3.05, 3.63) is 30.2 Å². The minimum atomic E-state index is 0.379. The van der Waals surface area contributed by atoms with Gasteiger partial charge in [-0.1, -0.05) is 19.1 Å². The second-order valence-electron chi connectivity index (χ2n) is 6.26. The first-order chi connectivity index (χ1) is 9.20. The number of fused-ring (bicyclic) bond motifs is 5. The van der Waals surface area contributed by atoms with E-state index in [2.05, 4.69) is 40.0 Å². The van der Waals surface area contributed by atoms with E-state index in [-0.39, 0.29) is 0 Å². The maximum atomic E-state index is 8.93. The number of anilines is 1. The molecule has 4 heteroatoms. The monoisotopic (exact) mass is 252 g/mol. The number of nitrogens with zero attached hydrogens (tertiary/aromatic N) is 4. The van der Waals surface area contributed by atoms with Crippen molar-refractivity contribution in [2.75, 3.05) is 18.0 Å². The summed E-state index contributed by atoms with van der Waals surface area (Å²) in [6, 6.07) is 2.07. The van der Waals surface area contributed by atoms with Gasteiger partial charge in [-0.25, -0.2) is 4.98 Å². The molecule has 0 aromatic carbocycles. The van der Waals surface area contributed by atoms with Crippen LogP contribution in [0.1, 0.15) is 19.0 Å². The highest BCUT2D eigenvalue weighted by atomic mass is 15.2. The minimum absolute atomic E-state index is 0.379. The van der Waals surface area contributed by atoms with E-state index >= 15 is 0 Å². The molecule has 2 fully saturated rings. The van der Waals surface area contributed by atoms with Crippen LogP contribution in [0.15, 0.2) is 24.5 Å². The van der Waals surface area contributed by atoms with Crippen LogP contribution in [0.5, 0.6) is 0 Å². The predicted molar refractivity (Wildman–Crippen MR) is 71.3 cm³/mol. The molecule has 4 atom stereocenters. The first-order valence-electron chi connectivity index (χ1n) is 6.86. The maximum Gasteiger partial charge on any atom is 0.161 e. The summed E-state index contributed by atoms with van der Waals surface area (Å²) in [6.45, 7) is 4.49. The zero-order valence-corrected chi connectivity index (χ0v) is 11.0. The molecule has 19 heavy (non-hydrogen) atoms. The average Bonchev–Trinajstić information content (AvgIpc) is 3.09. The van der Waals surface area contributed by atoms with Crippen molar-refractivity contribution in [2.45, 2.75) is 13.3 Å². The van der Waals surface area contributed by atoms with Gasteiger partial charge in [-0.05, 0) is 29.6 Å². The van der Waals surface area contributed by atoms with Crippen LogP contribution in [0, 0.1) is 34.5 Å². The number of hydrogen-bond donors (Lipinski definition) is 0. The van der Waals surface area contributed by atoms with Crippen LogP contribution < -0.4 is 4.90 Å². The Morgan fingerprint density at radius 3 is 3.11 bits per heavy atom. The van der Waals surface area contributed by atoms with E-state index in [9.17, 15) is 0 Å². The van der Waals surface area contributed by atoms with Crippen molar-refractivity contribution >= 4 is 5.82 Å². The highest BCUT2D eigenvalue weighted by Gasteiger charge is 2.57. The topological polar surface area (TPSA) is 52.8 Å². The second kappa shape index (κ2) is 3.57. The summed E-state index contributed by atoms with van der Waals surface area (Å²) in [6.07, 6.45) is 9.44. The SMILES string of the molecule is C[C@@]12CN(c3cncc(C#N)n3)CC1[C@@H]1C=C[C@H]2C1. The first kappa shape index (κ1) is 11.0. The number of aromatic nitrogens is 2. The van der Waals surface area contributed by atoms with E-state index in [0.29, 0.717) is 11.1 Å². The molecule has 1 aromatic heterocycles. The molecule has 0 radical (unpaired) electrons. The van der Waals surface area contributed by atoms with E-state index in [1.54, 1.807) is 6.20 Å². The lowest BCUT2D eigenvalue weighted by molar-refractivity contribution is 0.233. The molecule has 1 saturated carbocycles. The molecule has 0 spiro atoms. The Morgan fingerprint density at radius 2 is 2.32 bits per heavy atom. The van der Waals surface area contributed by atoms with Gasteiger partial charge in [0.15, 0.2) is 5.69 Å². The van der Waals surface area contributed by atoms with Crippen LogP contribution in [0.4, 0.5) is 5.82 Å². The van der Waals surface area contributed by atoms with E-state index in [1.165, 1.54) is 12.6 Å². The maximum absolute atomic E-state index is 8.93. The number of hydrogen-bond acceptors (Lipinski definition) is 4. The van der Waals surface area contributed by atoms with Gasteiger partial charge >= 0.3 is 0 Å². The van der Waals surface area contributed by atoms with Gasteiger partial charge in [0, 0.05) is 13.1 Å². The Bertz CT molecular complexity index is 602. The third-order valence-corrected chi connectivity index (χ3v) is 5.34. The van der Waals surface area contributed by atoms with Gasteiger partial charge in [-0.3, -0.25) is 4.98 Å². The standard InChI is InChI=1S/C15H16N4/c1-15-9-19(14-7-17-6-12(5-16)18-14)8-13(15)10-2-3-11(15)4-10/h2-3,6-7,10-11,13H,4,8-9H2,1H3/t10-,11+,13?,15+/m1/s1. The van der Waals surface area contributed by atoms with E-state index in [0.717, 1.165) is 36.7 Å². The summed E-state index contributed by atoms with van der Waals surface area (Å²) in [5, 5.41) is 8.93. The lowest BCUT2D eigenvalue weighted by atomic mass is 9.72. The average molecular weight is 252 g/mol. The van der Waals surface area contributed by atoms with Gasteiger partial charge in [0.2, 0.25) is 0 Å². The fourth-order valence-electron chi connectivity index (χ4n) is 4.31. The Hall–Kier alpha value is -1.89. The molecule has 0 N–H and O–H groups in total. The summed E-state index contributed by atoms with van der Waals surface area (Å²) >= 11 is 0. The quantitative estimate of drug-likeness (QED) is 0.717. The minimum Gasteiger partial charge on any atom is -0.354 e. The third-order valence-electron chi connectivity index (χ3n) is 5.34. The molecule has 1 aromatic rings. The molecule has 3 aliphatic rings. The third kappa shape index (κ3) is 1.39. The van der Waals surface area contributed by atoms with Crippen LogP contribution >= 0.6 is 0 Å². The van der Waals surface area contributed by atoms with Crippen molar-refractivity contribution in [3.63, 3.8) is 0 Å². The van der Waals surface area contributed by atoms with Crippen molar-refractivity contribution in [3.8, 4) is 6.07 Å². The fraction of sp³-hybridized carbons (Fsp3) is 0.533. The molecule has 2 aliphatic carbocycles. The van der Waals surface area contributed by atoms with Gasteiger partial charge in [0.05, 0.1) is 12.4 Å². The molecule has 2 heterocycles. The Balaban J connectivity index is 1.65. The molecular weight excluding hydrogens is 236 g/mol. The van der Waals surface area contributed by atoms with Crippen molar-refractivity contribution in [2.24, 2.45) is 23.2 Å². The van der Waals surface area contributed by atoms with Gasteiger partial charge in [-0.15, -0.1) is 0 Å². The number of allylic oxidation sites excluding steroid dienone is 2.